The number of imidazole rings is 1. The van der Waals surface area contributed by atoms with Gasteiger partial charge in [-0.25, -0.2) is 4.98 Å². The molecular formula is C22H26N4O2. The molecule has 0 fully saturated rings. The minimum absolute atomic E-state index is 0.103. The third kappa shape index (κ3) is 3.91. The van der Waals surface area contributed by atoms with Crippen molar-refractivity contribution in [1.82, 2.24) is 20.0 Å². The van der Waals surface area contributed by atoms with Gasteiger partial charge in [0.2, 0.25) is 5.91 Å². The van der Waals surface area contributed by atoms with Crippen LogP contribution in [0, 0.1) is 0 Å². The summed E-state index contributed by atoms with van der Waals surface area (Å²) in [5.41, 5.74) is 4.53. The molecule has 2 heterocycles. The lowest BCUT2D eigenvalue weighted by Gasteiger charge is -2.19. The van der Waals surface area contributed by atoms with Gasteiger partial charge in [-0.3, -0.25) is 14.0 Å². The van der Waals surface area contributed by atoms with E-state index in [0.717, 1.165) is 11.3 Å². The van der Waals surface area contributed by atoms with E-state index in [2.05, 4.69) is 60.7 Å². The van der Waals surface area contributed by atoms with E-state index >= 15 is 0 Å². The molecule has 6 nitrogen and oxygen atoms in total. The molecule has 0 bridgehead atoms. The molecule has 0 saturated heterocycles. The Morgan fingerprint density at radius 3 is 2.39 bits per heavy atom. The van der Waals surface area contributed by atoms with Crippen molar-refractivity contribution < 1.29 is 9.59 Å². The maximum atomic E-state index is 12.4. The molecule has 0 aliphatic rings. The Morgan fingerprint density at radius 2 is 1.79 bits per heavy atom. The van der Waals surface area contributed by atoms with E-state index in [-0.39, 0.29) is 17.2 Å². The highest BCUT2D eigenvalue weighted by Crippen LogP contribution is 2.26. The van der Waals surface area contributed by atoms with E-state index in [9.17, 15) is 9.59 Å². The largest absolute Gasteiger partial charge is 0.357 e. The number of nitrogens with one attached hydrogen (secondary N) is 2. The number of hydrogen-bond acceptors (Lipinski definition) is 3. The fourth-order valence-corrected chi connectivity index (χ4v) is 3.04. The number of benzene rings is 1. The predicted molar refractivity (Wildman–Crippen MR) is 110 cm³/mol. The lowest BCUT2D eigenvalue weighted by Crippen LogP contribution is -2.43. The van der Waals surface area contributed by atoms with E-state index in [1.807, 2.05) is 10.6 Å². The van der Waals surface area contributed by atoms with Crippen molar-refractivity contribution in [3.8, 4) is 11.3 Å². The summed E-state index contributed by atoms with van der Waals surface area (Å²) in [5, 5.41) is 5.20. The Kier molecular flexibility index (Phi) is 5.23. The average molecular weight is 378 g/mol. The Morgan fingerprint density at radius 1 is 1.11 bits per heavy atom. The first-order valence-electron chi connectivity index (χ1n) is 9.31. The summed E-state index contributed by atoms with van der Waals surface area (Å²) in [6, 6.07) is 11.3. The van der Waals surface area contributed by atoms with Crippen molar-refractivity contribution in [3.63, 3.8) is 0 Å². The standard InChI is InChI=1S/C22H26N4O2/c1-14(20(27)23-5)25-21(28)16-10-11-26-18(13-24-19(26)12-16)15-6-8-17(9-7-15)22(2,3)4/h6-14H,1-5H3,(H,23,27)(H,25,28). The Bertz CT molecular complexity index is 1010. The van der Waals surface area contributed by atoms with Gasteiger partial charge in [-0.2, -0.15) is 0 Å². The molecule has 3 rings (SSSR count). The molecule has 0 aliphatic carbocycles. The third-order valence-electron chi connectivity index (χ3n) is 4.81. The summed E-state index contributed by atoms with van der Waals surface area (Å²) in [5.74, 6) is -0.547. The molecule has 0 aliphatic heterocycles. The van der Waals surface area contributed by atoms with Crippen molar-refractivity contribution in [1.29, 1.82) is 0 Å². The van der Waals surface area contributed by atoms with Crippen molar-refractivity contribution in [3.05, 3.63) is 59.9 Å². The topological polar surface area (TPSA) is 75.5 Å². The highest BCUT2D eigenvalue weighted by molar-refractivity contribution is 5.98. The number of fused-ring (bicyclic) bond motifs is 1. The second kappa shape index (κ2) is 7.46. The molecular weight excluding hydrogens is 352 g/mol. The highest BCUT2D eigenvalue weighted by atomic mass is 16.2. The van der Waals surface area contributed by atoms with Gasteiger partial charge in [0.05, 0.1) is 11.9 Å². The van der Waals surface area contributed by atoms with Crippen LogP contribution in [0.25, 0.3) is 16.9 Å². The summed E-state index contributed by atoms with van der Waals surface area (Å²) in [7, 11) is 1.54. The molecule has 146 valence electrons. The number of hydrogen-bond donors (Lipinski definition) is 2. The molecule has 0 saturated carbocycles. The van der Waals surface area contributed by atoms with Crippen LogP contribution in [0.1, 0.15) is 43.6 Å². The van der Waals surface area contributed by atoms with Gasteiger partial charge in [0.15, 0.2) is 0 Å². The molecule has 3 aromatic rings. The summed E-state index contributed by atoms with van der Waals surface area (Å²) in [6.07, 6.45) is 3.63. The van der Waals surface area contributed by atoms with E-state index in [1.54, 1.807) is 25.3 Å². The molecule has 1 atom stereocenters. The van der Waals surface area contributed by atoms with Gasteiger partial charge in [-0.1, -0.05) is 45.0 Å². The molecule has 28 heavy (non-hydrogen) atoms. The number of nitrogens with zero attached hydrogens (tertiary/aromatic N) is 2. The maximum absolute atomic E-state index is 12.4. The molecule has 2 amide bonds. The molecule has 1 aromatic carbocycles. The number of carbonyl (C=O) groups is 2. The minimum atomic E-state index is -0.606. The third-order valence-corrected chi connectivity index (χ3v) is 4.81. The fourth-order valence-electron chi connectivity index (χ4n) is 3.04. The van der Waals surface area contributed by atoms with Gasteiger partial charge < -0.3 is 10.6 Å². The maximum Gasteiger partial charge on any atom is 0.252 e. The van der Waals surface area contributed by atoms with Gasteiger partial charge in [-0.15, -0.1) is 0 Å². The van der Waals surface area contributed by atoms with Gasteiger partial charge in [0, 0.05) is 24.4 Å². The van der Waals surface area contributed by atoms with E-state index in [4.69, 9.17) is 0 Å². The zero-order valence-corrected chi connectivity index (χ0v) is 16.9. The van der Waals surface area contributed by atoms with Crippen molar-refractivity contribution >= 4 is 17.5 Å². The van der Waals surface area contributed by atoms with Crippen LogP contribution in [-0.4, -0.2) is 34.3 Å². The van der Waals surface area contributed by atoms with E-state index in [0.29, 0.717) is 11.2 Å². The number of pyridine rings is 1. The van der Waals surface area contributed by atoms with Crippen LogP contribution in [0.2, 0.25) is 0 Å². The second-order valence-corrected chi connectivity index (χ2v) is 7.92. The Labute approximate surface area is 165 Å². The van der Waals surface area contributed by atoms with Crippen LogP contribution >= 0.6 is 0 Å². The Hall–Kier alpha value is -3.15. The first-order chi connectivity index (χ1) is 13.2. The van der Waals surface area contributed by atoms with Gasteiger partial charge in [-0.05, 0) is 30.0 Å². The first kappa shape index (κ1) is 19.6. The zero-order chi connectivity index (χ0) is 20.5. The molecule has 1 unspecified atom stereocenters. The van der Waals surface area contributed by atoms with Crippen LogP contribution in [0.5, 0.6) is 0 Å². The summed E-state index contributed by atoms with van der Waals surface area (Å²) < 4.78 is 1.95. The van der Waals surface area contributed by atoms with Gasteiger partial charge in [0.25, 0.3) is 5.91 Å². The SMILES string of the molecule is CNC(=O)C(C)NC(=O)c1ccn2c(-c3ccc(C(C)(C)C)cc3)cnc2c1. The minimum Gasteiger partial charge on any atom is -0.357 e. The smallest absolute Gasteiger partial charge is 0.252 e. The average Bonchev–Trinajstić information content (AvgIpc) is 3.09. The number of rotatable bonds is 4. The molecule has 0 radical (unpaired) electrons. The van der Waals surface area contributed by atoms with Gasteiger partial charge >= 0.3 is 0 Å². The van der Waals surface area contributed by atoms with Crippen LogP contribution in [0.3, 0.4) is 0 Å². The highest BCUT2D eigenvalue weighted by Gasteiger charge is 2.17. The summed E-state index contributed by atoms with van der Waals surface area (Å²) in [6.45, 7) is 8.21. The summed E-state index contributed by atoms with van der Waals surface area (Å²) in [4.78, 5) is 28.4. The van der Waals surface area contributed by atoms with Crippen LogP contribution in [0.4, 0.5) is 0 Å². The van der Waals surface area contributed by atoms with E-state index < -0.39 is 6.04 Å². The number of aromatic nitrogens is 2. The molecule has 2 N–H and O–H groups in total. The van der Waals surface area contributed by atoms with Crippen LogP contribution < -0.4 is 10.6 Å². The van der Waals surface area contributed by atoms with Crippen molar-refractivity contribution in [2.45, 2.75) is 39.2 Å². The first-order valence-corrected chi connectivity index (χ1v) is 9.31. The molecule has 0 spiro atoms. The molecule has 6 heteroatoms. The second-order valence-electron chi connectivity index (χ2n) is 7.92. The number of amides is 2. The lowest BCUT2D eigenvalue weighted by molar-refractivity contribution is -0.122. The fraction of sp³-hybridized carbons (Fsp3) is 0.318. The van der Waals surface area contributed by atoms with Gasteiger partial charge in [0.1, 0.15) is 11.7 Å². The predicted octanol–water partition coefficient (Wildman–Crippen LogP) is 3.16. The van der Waals surface area contributed by atoms with Crippen molar-refractivity contribution in [2.24, 2.45) is 0 Å². The monoisotopic (exact) mass is 378 g/mol. The lowest BCUT2D eigenvalue weighted by atomic mass is 9.86. The normalized spacial score (nSPS) is 12.6. The number of carbonyl (C=O) groups excluding carboxylic acids is 2. The molecule has 2 aromatic heterocycles. The summed E-state index contributed by atoms with van der Waals surface area (Å²) >= 11 is 0. The van der Waals surface area contributed by atoms with Crippen LogP contribution in [0.15, 0.2) is 48.8 Å². The Balaban J connectivity index is 1.86. The van der Waals surface area contributed by atoms with E-state index in [1.165, 1.54) is 12.6 Å². The van der Waals surface area contributed by atoms with Crippen molar-refractivity contribution in [2.75, 3.05) is 7.05 Å². The number of likely N-dealkylation sites (N-methyl/N-ethyl adjacent to an activating group) is 1. The zero-order valence-electron chi connectivity index (χ0n) is 16.9. The quantitative estimate of drug-likeness (QED) is 0.732. The van der Waals surface area contributed by atoms with Crippen LogP contribution in [-0.2, 0) is 10.2 Å².